The van der Waals surface area contributed by atoms with Gasteiger partial charge in [0.1, 0.15) is 5.82 Å². The molecule has 30 heavy (non-hydrogen) atoms. The Labute approximate surface area is 179 Å². The molecule has 6 atom stereocenters. The maximum Gasteiger partial charge on any atom is 0.123 e. The fourth-order valence-corrected chi connectivity index (χ4v) is 7.31. The molecule has 3 saturated carbocycles. The van der Waals surface area contributed by atoms with Crippen LogP contribution in [0.25, 0.3) is 0 Å². The second-order valence-electron chi connectivity index (χ2n) is 10.5. The van der Waals surface area contributed by atoms with E-state index in [0.717, 1.165) is 49.5 Å². The van der Waals surface area contributed by atoms with Gasteiger partial charge in [-0.3, -0.25) is 0 Å². The Morgan fingerprint density at radius 2 is 1.77 bits per heavy atom. The predicted molar refractivity (Wildman–Crippen MR) is 119 cm³/mol. The molecule has 4 heteroatoms. The summed E-state index contributed by atoms with van der Waals surface area (Å²) in [5.41, 5.74) is 4.09. The first-order valence-electron chi connectivity index (χ1n) is 11.6. The molecule has 0 saturated heterocycles. The first kappa shape index (κ1) is 20.1. The van der Waals surface area contributed by atoms with Crippen LogP contribution in [0.15, 0.2) is 46.1 Å². The van der Waals surface area contributed by atoms with E-state index in [2.05, 4.69) is 30.1 Å². The quantitative estimate of drug-likeness (QED) is 0.368. The summed E-state index contributed by atoms with van der Waals surface area (Å²) in [6.07, 6.45) is 12.9. The molecule has 5 rings (SSSR count). The summed E-state index contributed by atoms with van der Waals surface area (Å²) in [6.45, 7) is 4.89. The van der Waals surface area contributed by atoms with Gasteiger partial charge in [-0.05, 0) is 92.2 Å². The normalized spacial score (nSPS) is 42.0. The molecule has 3 nitrogen and oxygen atoms in total. The van der Waals surface area contributed by atoms with Crippen molar-refractivity contribution in [2.45, 2.75) is 71.3 Å². The minimum Gasteiger partial charge on any atom is -0.393 e. The number of aliphatic hydroxyl groups is 1. The molecule has 1 aromatic carbocycles. The highest BCUT2D eigenvalue weighted by molar-refractivity contribution is 5.93. The maximum atomic E-state index is 13.1. The van der Waals surface area contributed by atoms with Crippen molar-refractivity contribution < 1.29 is 9.50 Å². The molecule has 0 unspecified atom stereocenters. The number of nitrogens with zero attached hydrogens (tertiary/aromatic N) is 2. The lowest BCUT2D eigenvalue weighted by Gasteiger charge is -2.57. The molecule has 0 radical (unpaired) electrons. The van der Waals surface area contributed by atoms with Crippen molar-refractivity contribution >= 4 is 11.9 Å². The number of fused-ring (bicyclic) bond motifs is 5. The van der Waals surface area contributed by atoms with E-state index < -0.39 is 0 Å². The number of rotatable bonds is 2. The highest BCUT2D eigenvalue weighted by Gasteiger charge is 2.57. The van der Waals surface area contributed by atoms with Gasteiger partial charge in [-0.25, -0.2) is 4.39 Å². The van der Waals surface area contributed by atoms with Crippen LogP contribution < -0.4 is 0 Å². The van der Waals surface area contributed by atoms with Crippen molar-refractivity contribution in [3.05, 3.63) is 47.3 Å². The fourth-order valence-electron chi connectivity index (χ4n) is 7.31. The Morgan fingerprint density at radius 1 is 1.03 bits per heavy atom. The molecule has 0 aromatic heterocycles. The molecule has 160 valence electrons. The molecule has 0 spiro atoms. The summed E-state index contributed by atoms with van der Waals surface area (Å²) in [5, 5.41) is 19.2. The van der Waals surface area contributed by atoms with Crippen molar-refractivity contribution in [2.75, 3.05) is 0 Å². The number of halogens is 1. The van der Waals surface area contributed by atoms with Crippen LogP contribution in [0.3, 0.4) is 0 Å². The third-order valence-corrected chi connectivity index (χ3v) is 9.07. The molecule has 0 aliphatic heterocycles. The summed E-state index contributed by atoms with van der Waals surface area (Å²) in [6, 6.07) is 6.38. The molecule has 1 N–H and O–H groups in total. The number of hydrogen-bond acceptors (Lipinski definition) is 3. The smallest absolute Gasteiger partial charge is 0.123 e. The Bertz CT molecular complexity index is 904. The first-order valence-corrected chi connectivity index (χ1v) is 11.6. The number of aliphatic hydroxyl groups excluding tert-OH is 1. The van der Waals surface area contributed by atoms with Crippen LogP contribution in [0.4, 0.5) is 4.39 Å². The van der Waals surface area contributed by atoms with Crippen molar-refractivity contribution in [3.63, 3.8) is 0 Å². The van der Waals surface area contributed by atoms with Gasteiger partial charge < -0.3 is 5.11 Å². The molecule has 0 bridgehead atoms. The molecule has 1 aromatic rings. The Kier molecular flexibility index (Phi) is 4.96. The Hall–Kier alpha value is -1.81. The molecule has 4 aliphatic rings. The second kappa shape index (κ2) is 7.40. The average Bonchev–Trinajstić information content (AvgIpc) is 3.06. The topological polar surface area (TPSA) is 45.0 Å². The van der Waals surface area contributed by atoms with Gasteiger partial charge in [0.25, 0.3) is 0 Å². The van der Waals surface area contributed by atoms with E-state index in [4.69, 9.17) is 0 Å². The van der Waals surface area contributed by atoms with E-state index in [1.807, 2.05) is 0 Å². The van der Waals surface area contributed by atoms with Crippen molar-refractivity contribution in [3.8, 4) is 0 Å². The van der Waals surface area contributed by atoms with Crippen LogP contribution >= 0.6 is 0 Å². The monoisotopic (exact) mass is 408 g/mol. The molecular formula is C26H33FN2O. The number of benzene rings is 1. The SMILES string of the molecule is C[C@]12CC[C@H](O)CC1=CC[C@H]1[C@H]2CC[C@@]2(C)/C(=N\N=C/c3ccc(F)cc3)CC[C@H]12. The van der Waals surface area contributed by atoms with Gasteiger partial charge in [0.2, 0.25) is 0 Å². The van der Waals surface area contributed by atoms with Crippen molar-refractivity contribution in [2.24, 2.45) is 38.8 Å². The van der Waals surface area contributed by atoms with Crippen molar-refractivity contribution in [1.82, 2.24) is 0 Å². The highest BCUT2D eigenvalue weighted by atomic mass is 19.1. The Balaban J connectivity index is 1.37. The van der Waals surface area contributed by atoms with E-state index in [1.165, 1.54) is 42.7 Å². The highest BCUT2D eigenvalue weighted by Crippen LogP contribution is 2.64. The van der Waals surface area contributed by atoms with Gasteiger partial charge in [-0.2, -0.15) is 10.2 Å². The van der Waals surface area contributed by atoms with E-state index in [1.54, 1.807) is 18.3 Å². The van der Waals surface area contributed by atoms with E-state index in [-0.39, 0.29) is 22.8 Å². The summed E-state index contributed by atoms with van der Waals surface area (Å²) in [7, 11) is 0. The summed E-state index contributed by atoms with van der Waals surface area (Å²) in [4.78, 5) is 0. The second-order valence-corrected chi connectivity index (χ2v) is 10.5. The minimum absolute atomic E-state index is 0.140. The molecule has 0 heterocycles. The molecule has 0 amide bonds. The molecular weight excluding hydrogens is 375 g/mol. The van der Waals surface area contributed by atoms with Gasteiger partial charge in [0, 0.05) is 11.1 Å². The van der Waals surface area contributed by atoms with E-state index in [9.17, 15) is 9.50 Å². The van der Waals surface area contributed by atoms with Gasteiger partial charge in [-0.15, -0.1) is 0 Å². The van der Waals surface area contributed by atoms with Crippen molar-refractivity contribution in [1.29, 1.82) is 0 Å². The van der Waals surface area contributed by atoms with Gasteiger partial charge in [0.15, 0.2) is 0 Å². The van der Waals surface area contributed by atoms with Crippen LogP contribution in [0.2, 0.25) is 0 Å². The van der Waals surface area contributed by atoms with Gasteiger partial charge >= 0.3 is 0 Å². The van der Waals surface area contributed by atoms with E-state index in [0.29, 0.717) is 5.92 Å². The maximum absolute atomic E-state index is 13.1. The van der Waals surface area contributed by atoms with Crippen LogP contribution in [0, 0.1) is 34.4 Å². The Morgan fingerprint density at radius 3 is 2.57 bits per heavy atom. The summed E-state index contributed by atoms with van der Waals surface area (Å²) >= 11 is 0. The summed E-state index contributed by atoms with van der Waals surface area (Å²) in [5.74, 6) is 1.91. The van der Waals surface area contributed by atoms with E-state index >= 15 is 0 Å². The fraction of sp³-hybridized carbons (Fsp3) is 0.615. The summed E-state index contributed by atoms with van der Waals surface area (Å²) < 4.78 is 13.1. The first-order chi connectivity index (χ1) is 14.4. The lowest BCUT2D eigenvalue weighted by Crippen LogP contribution is -2.50. The zero-order valence-electron chi connectivity index (χ0n) is 18.1. The number of hydrogen-bond donors (Lipinski definition) is 1. The van der Waals surface area contributed by atoms with Crippen LogP contribution in [-0.2, 0) is 0 Å². The standard InChI is InChI=1S/C26H33FN2O/c1-25-13-11-20(30)15-18(25)5-8-21-22-9-10-24(26(22,2)14-12-23(21)25)29-28-16-17-3-6-19(27)7-4-17/h3-7,16,20-23,30H,8-15H2,1-2H3/b28-16-,29-24-/t20-,21+,22+,23+,25-,26+/m0/s1. The third-order valence-electron chi connectivity index (χ3n) is 9.07. The lowest BCUT2D eigenvalue weighted by molar-refractivity contribution is -0.0209. The van der Waals surface area contributed by atoms with Crippen LogP contribution in [0.1, 0.15) is 70.8 Å². The van der Waals surface area contributed by atoms with Crippen LogP contribution in [-0.4, -0.2) is 23.1 Å². The predicted octanol–water partition coefficient (Wildman–Crippen LogP) is 5.92. The minimum atomic E-state index is -0.229. The van der Waals surface area contributed by atoms with Gasteiger partial charge in [-0.1, -0.05) is 37.6 Å². The van der Waals surface area contributed by atoms with Crippen LogP contribution in [0.5, 0.6) is 0 Å². The molecule has 4 aliphatic carbocycles. The number of allylic oxidation sites excluding steroid dienone is 1. The zero-order chi connectivity index (χ0) is 20.9. The third kappa shape index (κ3) is 3.19. The lowest BCUT2D eigenvalue weighted by atomic mass is 9.48. The average molecular weight is 409 g/mol. The molecule has 3 fully saturated rings. The van der Waals surface area contributed by atoms with Gasteiger partial charge in [0.05, 0.1) is 12.3 Å². The zero-order valence-corrected chi connectivity index (χ0v) is 18.1. The largest absolute Gasteiger partial charge is 0.393 e.